The van der Waals surface area contributed by atoms with Crippen molar-refractivity contribution in [1.29, 1.82) is 0 Å². The lowest BCUT2D eigenvalue weighted by Gasteiger charge is -2.38. The number of hydrogen-bond donors (Lipinski definition) is 0. The average Bonchev–Trinajstić information content (AvgIpc) is 2.41. The molecule has 1 nitrogen and oxygen atoms in total. The molecule has 2 aliphatic carbocycles. The van der Waals surface area contributed by atoms with Crippen LogP contribution in [0, 0.1) is 17.8 Å². The van der Waals surface area contributed by atoms with Crippen LogP contribution in [-0.4, -0.2) is 12.7 Å². The maximum Gasteiger partial charge on any atom is 0.0577 e. The molecular weight excluding hydrogens is 220 g/mol. The molecule has 0 spiro atoms. The number of ether oxygens (including phenoxy) is 1. The van der Waals surface area contributed by atoms with E-state index in [-0.39, 0.29) is 0 Å². The Bertz CT molecular complexity index is 216. The first-order valence-corrected chi connectivity index (χ1v) is 8.45. The van der Waals surface area contributed by atoms with E-state index in [1.54, 1.807) is 0 Å². The van der Waals surface area contributed by atoms with E-state index in [0.29, 0.717) is 6.10 Å². The molecular formula is C17H32O. The minimum atomic E-state index is 0.585. The second-order valence-electron chi connectivity index (χ2n) is 6.57. The Morgan fingerprint density at radius 2 is 1.67 bits per heavy atom. The zero-order valence-corrected chi connectivity index (χ0v) is 12.5. The van der Waals surface area contributed by atoms with Gasteiger partial charge >= 0.3 is 0 Å². The van der Waals surface area contributed by atoms with Crippen molar-refractivity contribution in [3.8, 4) is 0 Å². The maximum absolute atomic E-state index is 5.86. The van der Waals surface area contributed by atoms with Gasteiger partial charge in [-0.25, -0.2) is 0 Å². The normalized spacial score (nSPS) is 37.7. The lowest BCUT2D eigenvalue weighted by molar-refractivity contribution is 0.00398. The Morgan fingerprint density at radius 3 is 2.33 bits per heavy atom. The monoisotopic (exact) mass is 252 g/mol. The third-order valence-corrected chi connectivity index (χ3v) is 5.32. The van der Waals surface area contributed by atoms with Crippen LogP contribution in [-0.2, 0) is 4.74 Å². The van der Waals surface area contributed by atoms with E-state index in [9.17, 15) is 0 Å². The molecule has 0 unspecified atom stereocenters. The van der Waals surface area contributed by atoms with Crippen molar-refractivity contribution >= 4 is 0 Å². The molecule has 1 heteroatoms. The molecule has 2 rings (SSSR count). The van der Waals surface area contributed by atoms with Crippen LogP contribution in [0.2, 0.25) is 0 Å². The van der Waals surface area contributed by atoms with E-state index in [0.717, 1.165) is 24.4 Å². The first kappa shape index (κ1) is 14.4. The van der Waals surface area contributed by atoms with Crippen molar-refractivity contribution in [1.82, 2.24) is 0 Å². The summed E-state index contributed by atoms with van der Waals surface area (Å²) in [5, 5.41) is 0. The van der Waals surface area contributed by atoms with Crippen LogP contribution >= 0.6 is 0 Å². The molecule has 2 saturated carbocycles. The summed E-state index contributed by atoms with van der Waals surface area (Å²) < 4.78 is 5.86. The van der Waals surface area contributed by atoms with Crippen LogP contribution in [0.1, 0.15) is 78.1 Å². The predicted octanol–water partition coefficient (Wildman–Crippen LogP) is 5.19. The van der Waals surface area contributed by atoms with E-state index in [1.165, 1.54) is 64.2 Å². The van der Waals surface area contributed by atoms with Gasteiger partial charge in [0, 0.05) is 6.61 Å². The summed E-state index contributed by atoms with van der Waals surface area (Å²) in [5.74, 6) is 3.07. The fourth-order valence-electron chi connectivity index (χ4n) is 4.35. The van der Waals surface area contributed by atoms with Gasteiger partial charge in [0.15, 0.2) is 0 Å². The Balaban J connectivity index is 1.75. The van der Waals surface area contributed by atoms with Gasteiger partial charge in [-0.2, -0.15) is 0 Å². The van der Waals surface area contributed by atoms with Crippen LogP contribution in [0.15, 0.2) is 0 Å². The molecule has 0 heterocycles. The van der Waals surface area contributed by atoms with Gasteiger partial charge < -0.3 is 4.74 Å². The van der Waals surface area contributed by atoms with Crippen molar-refractivity contribution < 1.29 is 4.74 Å². The van der Waals surface area contributed by atoms with Gasteiger partial charge in [0.05, 0.1) is 6.10 Å². The molecule has 106 valence electrons. The highest BCUT2D eigenvalue weighted by atomic mass is 16.5. The lowest BCUT2D eigenvalue weighted by atomic mass is 9.70. The minimum Gasteiger partial charge on any atom is -0.378 e. The molecule has 0 aromatic carbocycles. The highest BCUT2D eigenvalue weighted by Gasteiger charge is 2.31. The molecule has 0 N–H and O–H groups in total. The van der Waals surface area contributed by atoms with E-state index < -0.39 is 0 Å². The van der Waals surface area contributed by atoms with Gasteiger partial charge in [-0.3, -0.25) is 0 Å². The van der Waals surface area contributed by atoms with Gasteiger partial charge in [0.25, 0.3) is 0 Å². The fourth-order valence-corrected chi connectivity index (χ4v) is 4.35. The Labute approximate surface area is 114 Å². The molecule has 0 aromatic rings. The van der Waals surface area contributed by atoms with Crippen LogP contribution in [0.5, 0.6) is 0 Å². The summed E-state index contributed by atoms with van der Waals surface area (Å²) in [6.07, 6.45) is 15.0. The molecule has 0 aliphatic heterocycles. The second kappa shape index (κ2) is 7.53. The van der Waals surface area contributed by atoms with E-state index in [1.807, 2.05) is 0 Å². The van der Waals surface area contributed by atoms with Crippen LogP contribution in [0.3, 0.4) is 0 Å². The molecule has 0 radical (unpaired) electrons. The molecule has 2 atom stereocenters. The summed E-state index contributed by atoms with van der Waals surface area (Å²) in [5.41, 5.74) is 0. The number of rotatable bonds is 5. The van der Waals surface area contributed by atoms with Crippen LogP contribution < -0.4 is 0 Å². The van der Waals surface area contributed by atoms with Gasteiger partial charge in [-0.1, -0.05) is 39.0 Å². The topological polar surface area (TPSA) is 9.23 Å². The largest absolute Gasteiger partial charge is 0.378 e. The predicted molar refractivity (Wildman–Crippen MR) is 77.7 cm³/mol. The molecule has 0 aromatic heterocycles. The Hall–Kier alpha value is -0.0400. The first-order valence-electron chi connectivity index (χ1n) is 8.45. The third kappa shape index (κ3) is 3.98. The highest BCUT2D eigenvalue weighted by molar-refractivity contribution is 4.82. The van der Waals surface area contributed by atoms with Gasteiger partial charge in [-0.15, -0.1) is 0 Å². The lowest BCUT2D eigenvalue weighted by Crippen LogP contribution is -2.30. The zero-order chi connectivity index (χ0) is 12.8. The Kier molecular flexibility index (Phi) is 6.01. The van der Waals surface area contributed by atoms with E-state index >= 15 is 0 Å². The van der Waals surface area contributed by atoms with Crippen molar-refractivity contribution in [3.63, 3.8) is 0 Å². The summed E-state index contributed by atoms with van der Waals surface area (Å²) in [4.78, 5) is 0. The van der Waals surface area contributed by atoms with Gasteiger partial charge in [-0.05, 0) is 56.8 Å². The smallest absolute Gasteiger partial charge is 0.0577 e. The third-order valence-electron chi connectivity index (χ3n) is 5.32. The number of hydrogen-bond acceptors (Lipinski definition) is 1. The average molecular weight is 252 g/mol. The second-order valence-corrected chi connectivity index (χ2v) is 6.57. The molecule has 2 fully saturated rings. The summed E-state index contributed by atoms with van der Waals surface area (Å²) in [6.45, 7) is 5.38. The summed E-state index contributed by atoms with van der Waals surface area (Å²) in [7, 11) is 0. The van der Waals surface area contributed by atoms with Crippen molar-refractivity contribution in [2.24, 2.45) is 17.8 Å². The quantitative estimate of drug-likeness (QED) is 0.654. The van der Waals surface area contributed by atoms with E-state index in [4.69, 9.17) is 4.74 Å². The van der Waals surface area contributed by atoms with Gasteiger partial charge in [0.1, 0.15) is 0 Å². The molecule has 2 aliphatic rings. The first-order chi connectivity index (χ1) is 8.83. The summed E-state index contributed by atoms with van der Waals surface area (Å²) in [6, 6.07) is 0. The fraction of sp³-hybridized carbons (Fsp3) is 1.00. The zero-order valence-electron chi connectivity index (χ0n) is 12.5. The molecule has 0 saturated heterocycles. The van der Waals surface area contributed by atoms with E-state index in [2.05, 4.69) is 13.8 Å². The maximum atomic E-state index is 5.86. The SMILES string of the molecule is CCC[C@H]1CC[C@@H]([C@@H]2CCC[C@@H](OCC)C2)CC1. The standard InChI is InChI=1S/C17H32O/c1-3-6-14-9-11-15(12-10-14)16-7-5-8-17(13-16)18-4-2/h14-17H,3-13H2,1-2H3/t14-,15+,16-,17-/m1/s1. The Morgan fingerprint density at radius 1 is 0.889 bits per heavy atom. The molecule has 0 bridgehead atoms. The van der Waals surface area contributed by atoms with Crippen molar-refractivity contribution in [3.05, 3.63) is 0 Å². The van der Waals surface area contributed by atoms with Crippen LogP contribution in [0.25, 0.3) is 0 Å². The van der Waals surface area contributed by atoms with Crippen LogP contribution in [0.4, 0.5) is 0 Å². The molecule has 18 heavy (non-hydrogen) atoms. The van der Waals surface area contributed by atoms with Gasteiger partial charge in [0.2, 0.25) is 0 Å². The summed E-state index contributed by atoms with van der Waals surface area (Å²) >= 11 is 0. The van der Waals surface area contributed by atoms with Crippen molar-refractivity contribution in [2.45, 2.75) is 84.2 Å². The van der Waals surface area contributed by atoms with Crippen molar-refractivity contribution in [2.75, 3.05) is 6.61 Å². The highest BCUT2D eigenvalue weighted by Crippen LogP contribution is 2.41. The molecule has 0 amide bonds. The minimum absolute atomic E-state index is 0.585.